The normalized spacial score (nSPS) is 10.5. The molecule has 7 heteroatoms. The first kappa shape index (κ1) is 14.0. The van der Waals surface area contributed by atoms with Crippen molar-refractivity contribution in [2.45, 2.75) is 13.5 Å². The molecule has 0 heterocycles. The van der Waals surface area contributed by atoms with Crippen LogP contribution in [0.4, 0.5) is 8.78 Å². The van der Waals surface area contributed by atoms with Crippen LogP contribution in [-0.2, 0) is 4.74 Å². The van der Waals surface area contributed by atoms with E-state index in [1.54, 1.807) is 6.92 Å². The first-order chi connectivity index (χ1) is 7.95. The number of rotatable bonds is 4. The van der Waals surface area contributed by atoms with Crippen LogP contribution in [0.15, 0.2) is 12.1 Å². The minimum atomic E-state index is -3.02. The van der Waals surface area contributed by atoms with Gasteiger partial charge in [0, 0.05) is 6.07 Å². The summed E-state index contributed by atoms with van der Waals surface area (Å²) in [6.45, 7) is -1.22. The Morgan fingerprint density at radius 1 is 1.35 bits per heavy atom. The van der Waals surface area contributed by atoms with Crippen molar-refractivity contribution in [1.29, 1.82) is 0 Å². The summed E-state index contributed by atoms with van der Waals surface area (Å²) < 4.78 is 32.8. The lowest BCUT2D eigenvalue weighted by Gasteiger charge is -2.09. The van der Waals surface area contributed by atoms with Crippen LogP contribution >= 0.6 is 23.2 Å². The van der Waals surface area contributed by atoms with E-state index < -0.39 is 12.6 Å². The van der Waals surface area contributed by atoms with E-state index >= 15 is 0 Å². The molecule has 0 unspecified atom stereocenters. The van der Waals surface area contributed by atoms with Crippen LogP contribution in [0.3, 0.4) is 0 Å². The van der Waals surface area contributed by atoms with Gasteiger partial charge >= 0.3 is 12.6 Å². The first-order valence-electron chi connectivity index (χ1n) is 4.56. The Hall–Kier alpha value is -1.07. The molecule has 0 aliphatic rings. The average Bonchev–Trinajstić information content (AvgIpc) is 2.22. The molecule has 3 nitrogen and oxygen atoms in total. The van der Waals surface area contributed by atoms with Crippen molar-refractivity contribution in [3.8, 4) is 5.75 Å². The van der Waals surface area contributed by atoms with E-state index in [1.807, 2.05) is 0 Å². The van der Waals surface area contributed by atoms with E-state index in [1.165, 1.54) is 0 Å². The molecule has 0 aliphatic carbocycles. The molecule has 0 atom stereocenters. The number of carbonyl (C=O) groups excluding carboxylic acids is 1. The van der Waals surface area contributed by atoms with Crippen LogP contribution in [0, 0.1) is 0 Å². The van der Waals surface area contributed by atoms with Gasteiger partial charge < -0.3 is 9.47 Å². The van der Waals surface area contributed by atoms with E-state index in [2.05, 4.69) is 4.74 Å². The zero-order valence-electron chi connectivity index (χ0n) is 8.68. The van der Waals surface area contributed by atoms with Gasteiger partial charge in [-0.15, -0.1) is 0 Å². The molecule has 0 radical (unpaired) electrons. The quantitative estimate of drug-likeness (QED) is 0.790. The summed E-state index contributed by atoms with van der Waals surface area (Å²) in [4.78, 5) is 11.4. The van der Waals surface area contributed by atoms with Gasteiger partial charge in [0.05, 0.1) is 22.2 Å². The Bertz CT molecular complexity index is 424. The van der Waals surface area contributed by atoms with Crippen molar-refractivity contribution >= 4 is 29.2 Å². The molecule has 0 saturated heterocycles. The van der Waals surface area contributed by atoms with E-state index in [0.29, 0.717) is 0 Å². The van der Waals surface area contributed by atoms with Crippen molar-refractivity contribution in [3.05, 3.63) is 27.7 Å². The minimum Gasteiger partial charge on any atom is -0.462 e. The molecule has 0 spiro atoms. The van der Waals surface area contributed by atoms with Crippen LogP contribution in [0.5, 0.6) is 5.75 Å². The number of esters is 1. The van der Waals surface area contributed by atoms with Crippen molar-refractivity contribution < 1.29 is 23.0 Å². The minimum absolute atomic E-state index is 0.000123. The maximum Gasteiger partial charge on any atom is 0.387 e. The summed E-state index contributed by atoms with van der Waals surface area (Å²) >= 11 is 11.4. The predicted octanol–water partition coefficient (Wildman–Crippen LogP) is 3.77. The number of hydrogen-bond acceptors (Lipinski definition) is 3. The second-order valence-electron chi connectivity index (χ2n) is 2.86. The van der Waals surface area contributed by atoms with Gasteiger partial charge in [-0.3, -0.25) is 0 Å². The van der Waals surface area contributed by atoms with E-state index in [-0.39, 0.29) is 28.0 Å². The Morgan fingerprint density at radius 3 is 2.53 bits per heavy atom. The number of halogens is 4. The van der Waals surface area contributed by atoms with Crippen molar-refractivity contribution in [2.24, 2.45) is 0 Å². The maximum atomic E-state index is 12.0. The second-order valence-corrected chi connectivity index (χ2v) is 3.68. The predicted molar refractivity (Wildman–Crippen MR) is 59.1 cm³/mol. The lowest BCUT2D eigenvalue weighted by Crippen LogP contribution is -2.07. The molecule has 0 aromatic heterocycles. The highest BCUT2D eigenvalue weighted by Gasteiger charge is 2.17. The van der Waals surface area contributed by atoms with Gasteiger partial charge in [0.1, 0.15) is 5.75 Å². The highest BCUT2D eigenvalue weighted by molar-refractivity contribution is 6.36. The molecule has 0 fully saturated rings. The third kappa shape index (κ3) is 3.71. The van der Waals surface area contributed by atoms with Gasteiger partial charge in [-0.2, -0.15) is 8.78 Å². The lowest BCUT2D eigenvalue weighted by molar-refractivity contribution is -0.0497. The SMILES string of the molecule is CCOC(=O)c1cc(Cl)c(OC(F)F)cc1Cl. The fourth-order valence-electron chi connectivity index (χ4n) is 1.08. The Kier molecular flexibility index (Phi) is 4.96. The van der Waals surface area contributed by atoms with Gasteiger partial charge in [0.2, 0.25) is 0 Å². The van der Waals surface area contributed by atoms with Gasteiger partial charge in [-0.1, -0.05) is 23.2 Å². The molecule has 0 aliphatic heterocycles. The third-order valence-corrected chi connectivity index (χ3v) is 2.34. The topological polar surface area (TPSA) is 35.5 Å². The smallest absolute Gasteiger partial charge is 0.387 e. The van der Waals surface area contributed by atoms with E-state index in [0.717, 1.165) is 12.1 Å². The van der Waals surface area contributed by atoms with Gasteiger partial charge in [-0.05, 0) is 13.0 Å². The van der Waals surface area contributed by atoms with E-state index in [9.17, 15) is 13.6 Å². The second kappa shape index (κ2) is 6.02. The number of alkyl halides is 2. The molecule has 0 bridgehead atoms. The molecule has 1 aromatic rings. The number of carbonyl (C=O) groups is 1. The summed E-state index contributed by atoms with van der Waals surface area (Å²) in [5.41, 5.74) is 0.000123. The molecule has 17 heavy (non-hydrogen) atoms. The fourth-order valence-corrected chi connectivity index (χ4v) is 1.52. The molecule has 0 amide bonds. The Labute approximate surface area is 106 Å². The Morgan fingerprint density at radius 2 is 2.00 bits per heavy atom. The summed E-state index contributed by atoms with van der Waals surface area (Å²) in [6.07, 6.45) is 0. The summed E-state index contributed by atoms with van der Waals surface area (Å²) in [5.74, 6) is -0.970. The third-order valence-electron chi connectivity index (χ3n) is 1.73. The summed E-state index contributed by atoms with van der Waals surface area (Å²) in [5, 5.41) is -0.207. The highest BCUT2D eigenvalue weighted by Crippen LogP contribution is 2.32. The van der Waals surface area contributed by atoms with Crippen LogP contribution in [0.2, 0.25) is 10.0 Å². The highest BCUT2D eigenvalue weighted by atomic mass is 35.5. The summed E-state index contributed by atoms with van der Waals surface area (Å²) in [6, 6.07) is 2.17. The van der Waals surface area contributed by atoms with Crippen molar-refractivity contribution in [2.75, 3.05) is 6.61 Å². The van der Waals surface area contributed by atoms with Crippen LogP contribution < -0.4 is 4.74 Å². The van der Waals surface area contributed by atoms with Gasteiger partial charge in [0.25, 0.3) is 0 Å². The molecule has 0 N–H and O–H groups in total. The van der Waals surface area contributed by atoms with Crippen LogP contribution in [-0.4, -0.2) is 19.2 Å². The molecule has 1 aromatic carbocycles. The van der Waals surface area contributed by atoms with Crippen LogP contribution in [0.25, 0.3) is 0 Å². The number of benzene rings is 1. The average molecular weight is 285 g/mol. The largest absolute Gasteiger partial charge is 0.462 e. The maximum absolute atomic E-state index is 12.0. The van der Waals surface area contributed by atoms with Gasteiger partial charge in [-0.25, -0.2) is 4.79 Å². The lowest BCUT2D eigenvalue weighted by atomic mass is 10.2. The molecular formula is C10H8Cl2F2O3. The number of hydrogen-bond donors (Lipinski definition) is 0. The monoisotopic (exact) mass is 284 g/mol. The zero-order chi connectivity index (χ0) is 13.0. The van der Waals surface area contributed by atoms with Crippen molar-refractivity contribution in [3.63, 3.8) is 0 Å². The van der Waals surface area contributed by atoms with Gasteiger partial charge in [0.15, 0.2) is 0 Å². The fraction of sp³-hybridized carbons (Fsp3) is 0.300. The van der Waals surface area contributed by atoms with Crippen LogP contribution in [0.1, 0.15) is 17.3 Å². The van der Waals surface area contributed by atoms with E-state index in [4.69, 9.17) is 27.9 Å². The molecule has 1 rings (SSSR count). The standard InChI is InChI=1S/C10H8Cl2F2O3/c1-2-16-9(15)5-3-7(12)8(4-6(5)11)17-10(13)14/h3-4,10H,2H2,1H3. The Balaban J connectivity index is 3.04. The van der Waals surface area contributed by atoms with Crippen molar-refractivity contribution in [1.82, 2.24) is 0 Å². The summed E-state index contributed by atoms with van der Waals surface area (Å²) in [7, 11) is 0. The first-order valence-corrected chi connectivity index (χ1v) is 5.32. The molecule has 0 saturated carbocycles. The zero-order valence-corrected chi connectivity index (χ0v) is 10.2. The molecular weight excluding hydrogens is 277 g/mol. The number of ether oxygens (including phenoxy) is 2. The molecule has 94 valence electrons.